The number of hydrogen-bond donors (Lipinski definition) is 0. The predicted molar refractivity (Wildman–Crippen MR) is 32.3 cm³/mol. The molecule has 2 aromatic heterocycles. The Morgan fingerprint density at radius 3 is 2.73 bits per heavy atom. The van der Waals surface area contributed by atoms with E-state index >= 15 is 0 Å². The van der Waals surface area contributed by atoms with Gasteiger partial charge in [0.25, 0.3) is 0 Å². The summed E-state index contributed by atoms with van der Waals surface area (Å²) >= 11 is 0. The lowest BCUT2D eigenvalue weighted by Gasteiger charge is -1.75. The van der Waals surface area contributed by atoms with Gasteiger partial charge in [-0.1, -0.05) is 10.3 Å². The molecule has 0 aliphatic rings. The molecule has 0 fully saturated rings. The third-order valence-corrected chi connectivity index (χ3v) is 1.09. The Kier molecular flexibility index (Phi) is 1.18. The zero-order valence-electron chi connectivity index (χ0n) is 5.68. The smallest absolute Gasteiger partial charge is 0.243 e. The van der Waals surface area contributed by atoms with E-state index in [0.29, 0.717) is 17.5 Å². The second kappa shape index (κ2) is 2.15. The molecular weight excluding hydrogens is 148 g/mol. The summed E-state index contributed by atoms with van der Waals surface area (Å²) in [4.78, 5) is 7.63. The molecule has 0 N–H and O–H groups in total. The summed E-state index contributed by atoms with van der Waals surface area (Å²) in [6.07, 6.45) is 1.21. The van der Waals surface area contributed by atoms with E-state index in [9.17, 15) is 0 Å². The fourth-order valence-corrected chi connectivity index (χ4v) is 0.659. The maximum absolute atomic E-state index is 4.71. The highest BCUT2D eigenvalue weighted by Crippen LogP contribution is 2.07. The van der Waals surface area contributed by atoms with Crippen LogP contribution >= 0.6 is 0 Å². The predicted octanol–water partition coefficient (Wildman–Crippen LogP) is 0.428. The van der Waals surface area contributed by atoms with Gasteiger partial charge in [-0.2, -0.15) is 9.97 Å². The number of nitrogens with zero attached hydrogens (tertiary/aromatic N) is 4. The first-order valence-corrected chi connectivity index (χ1v) is 2.93. The second-order valence-electron chi connectivity index (χ2n) is 1.89. The summed E-state index contributed by atoms with van der Waals surface area (Å²) in [7, 11) is 0. The monoisotopic (exact) mass is 152 g/mol. The van der Waals surface area contributed by atoms with Crippen molar-refractivity contribution in [3.05, 3.63) is 12.3 Å². The largest absolute Gasteiger partial charge is 0.342 e. The van der Waals surface area contributed by atoms with Gasteiger partial charge < -0.3 is 9.05 Å². The van der Waals surface area contributed by atoms with Crippen molar-refractivity contribution in [3.8, 4) is 11.6 Å². The van der Waals surface area contributed by atoms with Gasteiger partial charge in [0.1, 0.15) is 0 Å². The molecule has 6 nitrogen and oxygen atoms in total. The van der Waals surface area contributed by atoms with Gasteiger partial charge in [-0.25, -0.2) is 0 Å². The highest BCUT2D eigenvalue weighted by molar-refractivity contribution is 5.38. The highest BCUT2D eigenvalue weighted by atomic mass is 16.5. The van der Waals surface area contributed by atoms with Crippen LogP contribution in [0.4, 0.5) is 0 Å². The SMILES string of the molecule is Cc1nc(-c2ncon2)no1. The third kappa shape index (κ3) is 0.977. The first-order valence-electron chi connectivity index (χ1n) is 2.93. The zero-order chi connectivity index (χ0) is 7.68. The molecule has 0 radical (unpaired) electrons. The Morgan fingerprint density at radius 2 is 2.18 bits per heavy atom. The van der Waals surface area contributed by atoms with E-state index in [0.717, 1.165) is 0 Å². The Labute approximate surface area is 61.2 Å². The van der Waals surface area contributed by atoms with Crippen LogP contribution in [0.15, 0.2) is 15.4 Å². The molecule has 0 bridgehead atoms. The van der Waals surface area contributed by atoms with Crippen molar-refractivity contribution in [2.45, 2.75) is 6.92 Å². The van der Waals surface area contributed by atoms with Crippen LogP contribution in [-0.2, 0) is 0 Å². The molecule has 6 heteroatoms. The molecule has 0 unspecified atom stereocenters. The molecule has 2 rings (SSSR count). The molecule has 0 spiro atoms. The van der Waals surface area contributed by atoms with Crippen molar-refractivity contribution in [1.82, 2.24) is 20.3 Å². The van der Waals surface area contributed by atoms with E-state index in [1.54, 1.807) is 6.92 Å². The van der Waals surface area contributed by atoms with Gasteiger partial charge in [-0.05, 0) is 0 Å². The van der Waals surface area contributed by atoms with Gasteiger partial charge in [0.05, 0.1) is 0 Å². The normalized spacial score (nSPS) is 10.3. The molecule has 0 atom stereocenters. The van der Waals surface area contributed by atoms with Crippen LogP contribution in [0.3, 0.4) is 0 Å². The van der Waals surface area contributed by atoms with Crippen LogP contribution in [0.1, 0.15) is 5.89 Å². The Balaban J connectivity index is 2.45. The van der Waals surface area contributed by atoms with Gasteiger partial charge in [0.2, 0.25) is 23.9 Å². The zero-order valence-corrected chi connectivity index (χ0v) is 5.68. The molecule has 0 amide bonds. The summed E-state index contributed by atoms with van der Waals surface area (Å²) in [5.74, 6) is 1.16. The number of rotatable bonds is 1. The first-order chi connectivity index (χ1) is 5.36. The maximum atomic E-state index is 4.71. The first kappa shape index (κ1) is 6.02. The van der Waals surface area contributed by atoms with Crippen LogP contribution < -0.4 is 0 Å². The molecular formula is C5H4N4O2. The van der Waals surface area contributed by atoms with Gasteiger partial charge in [0.15, 0.2) is 0 Å². The minimum Gasteiger partial charge on any atom is -0.342 e. The van der Waals surface area contributed by atoms with Crippen molar-refractivity contribution in [2.24, 2.45) is 0 Å². The number of hydrogen-bond acceptors (Lipinski definition) is 6. The van der Waals surface area contributed by atoms with Gasteiger partial charge in [0, 0.05) is 6.92 Å². The average Bonchev–Trinajstić information content (AvgIpc) is 2.55. The topological polar surface area (TPSA) is 77.8 Å². The Hall–Kier alpha value is -1.72. The standard InChI is InChI=1S/C5H4N4O2/c1-3-7-5(9-11-3)4-6-2-10-8-4/h2H,1H3. The summed E-state index contributed by atoms with van der Waals surface area (Å²) in [5, 5.41) is 7.12. The van der Waals surface area contributed by atoms with Gasteiger partial charge >= 0.3 is 0 Å². The van der Waals surface area contributed by atoms with Crippen LogP contribution in [0.5, 0.6) is 0 Å². The molecule has 2 aromatic rings. The van der Waals surface area contributed by atoms with Gasteiger partial charge in [-0.3, -0.25) is 0 Å². The lowest BCUT2D eigenvalue weighted by Crippen LogP contribution is -1.81. The lowest BCUT2D eigenvalue weighted by molar-refractivity contribution is 0.392. The molecule has 0 saturated carbocycles. The molecule has 0 aromatic carbocycles. The molecule has 2 heterocycles. The second-order valence-corrected chi connectivity index (χ2v) is 1.89. The number of aryl methyl sites for hydroxylation is 1. The van der Waals surface area contributed by atoms with Crippen molar-refractivity contribution < 1.29 is 9.05 Å². The molecule has 56 valence electrons. The minimum absolute atomic E-state index is 0.335. The lowest BCUT2D eigenvalue weighted by atomic mass is 10.6. The van der Waals surface area contributed by atoms with E-state index in [4.69, 9.17) is 4.52 Å². The quantitative estimate of drug-likeness (QED) is 0.589. The number of aromatic nitrogens is 4. The van der Waals surface area contributed by atoms with Crippen LogP contribution in [-0.4, -0.2) is 20.3 Å². The van der Waals surface area contributed by atoms with E-state index in [2.05, 4.69) is 24.8 Å². The van der Waals surface area contributed by atoms with Crippen LogP contribution in [0.25, 0.3) is 11.6 Å². The molecule has 0 aliphatic heterocycles. The van der Waals surface area contributed by atoms with Crippen molar-refractivity contribution >= 4 is 0 Å². The summed E-state index contributed by atoms with van der Waals surface area (Å²) < 4.78 is 9.20. The Bertz CT molecular complexity index is 339. The fraction of sp³-hybridized carbons (Fsp3) is 0.200. The van der Waals surface area contributed by atoms with Gasteiger partial charge in [-0.15, -0.1) is 0 Å². The highest BCUT2D eigenvalue weighted by Gasteiger charge is 2.08. The summed E-state index contributed by atoms with van der Waals surface area (Å²) in [6.45, 7) is 1.69. The Morgan fingerprint density at radius 1 is 1.27 bits per heavy atom. The van der Waals surface area contributed by atoms with Crippen LogP contribution in [0.2, 0.25) is 0 Å². The van der Waals surface area contributed by atoms with Crippen molar-refractivity contribution in [1.29, 1.82) is 0 Å². The fourth-order valence-electron chi connectivity index (χ4n) is 0.659. The summed E-state index contributed by atoms with van der Waals surface area (Å²) in [6, 6.07) is 0. The van der Waals surface area contributed by atoms with E-state index in [1.165, 1.54) is 6.39 Å². The minimum atomic E-state index is 0.335. The van der Waals surface area contributed by atoms with E-state index in [1.807, 2.05) is 0 Å². The third-order valence-electron chi connectivity index (χ3n) is 1.09. The molecule has 0 aliphatic carbocycles. The average molecular weight is 152 g/mol. The van der Waals surface area contributed by atoms with Crippen molar-refractivity contribution in [2.75, 3.05) is 0 Å². The van der Waals surface area contributed by atoms with E-state index < -0.39 is 0 Å². The summed E-state index contributed by atoms with van der Waals surface area (Å²) in [5.41, 5.74) is 0. The molecule has 0 saturated heterocycles. The van der Waals surface area contributed by atoms with Crippen molar-refractivity contribution in [3.63, 3.8) is 0 Å². The van der Waals surface area contributed by atoms with Crippen LogP contribution in [0, 0.1) is 6.92 Å². The molecule has 11 heavy (non-hydrogen) atoms. The maximum Gasteiger partial charge on any atom is 0.243 e. The van der Waals surface area contributed by atoms with E-state index in [-0.39, 0.29) is 0 Å².